The summed E-state index contributed by atoms with van der Waals surface area (Å²) in [5, 5.41) is 0.702. The molecular formula is C8H10ClO2+. The first-order valence-corrected chi connectivity index (χ1v) is 3.58. The predicted octanol–water partition coefficient (Wildman–Crippen LogP) is 1.40. The van der Waals surface area contributed by atoms with Gasteiger partial charge in [-0.3, -0.25) is 0 Å². The molecule has 0 saturated heterocycles. The summed E-state index contributed by atoms with van der Waals surface area (Å²) in [5.74, 6) is 1.44. The van der Waals surface area contributed by atoms with E-state index in [1.54, 1.807) is 26.4 Å². The van der Waals surface area contributed by atoms with E-state index in [9.17, 15) is 0 Å². The van der Waals surface area contributed by atoms with Gasteiger partial charge < -0.3 is 9.47 Å². The maximum absolute atomic E-state index is 5.00. The van der Waals surface area contributed by atoms with Crippen molar-refractivity contribution in [3.63, 3.8) is 0 Å². The van der Waals surface area contributed by atoms with Crippen LogP contribution in [0, 0.1) is 11.6 Å². The summed E-state index contributed by atoms with van der Waals surface area (Å²) in [5.41, 5.74) is 0. The van der Waals surface area contributed by atoms with Crippen LogP contribution < -0.4 is 9.47 Å². The molecule has 1 aromatic carbocycles. The highest BCUT2D eigenvalue weighted by Crippen LogP contribution is 2.24. The van der Waals surface area contributed by atoms with Crippen molar-refractivity contribution in [1.29, 1.82) is 0 Å². The maximum Gasteiger partial charge on any atom is 0.267 e. The first kappa shape index (κ1) is 8.21. The summed E-state index contributed by atoms with van der Waals surface area (Å²) < 4.78 is 9.99. The Bertz CT molecular complexity index is 248. The van der Waals surface area contributed by atoms with Gasteiger partial charge in [0.2, 0.25) is 0 Å². The molecule has 0 aliphatic rings. The molecule has 1 rings (SSSR count). The number of ether oxygens (including phenoxy) is 2. The van der Waals surface area contributed by atoms with E-state index in [0.717, 1.165) is 5.75 Å². The Morgan fingerprint density at radius 3 is 2.45 bits per heavy atom. The first-order valence-electron chi connectivity index (χ1n) is 3.17. The Hall–Kier alpha value is -0.890. The zero-order valence-corrected chi connectivity index (χ0v) is 7.27. The lowest BCUT2D eigenvalue weighted by Gasteiger charge is -2.01. The Labute approximate surface area is 70.7 Å². The van der Waals surface area contributed by atoms with Crippen molar-refractivity contribution in [2.24, 2.45) is 0 Å². The molecule has 2 nitrogen and oxygen atoms in total. The molecule has 0 amide bonds. The molecule has 0 saturated carbocycles. The third kappa shape index (κ3) is 1.77. The molecule has 0 unspecified atom stereocenters. The minimum absolute atomic E-state index is 0.680. The summed E-state index contributed by atoms with van der Waals surface area (Å²) in [7, 11) is 3.20. The van der Waals surface area contributed by atoms with E-state index >= 15 is 0 Å². The molecule has 0 aliphatic heterocycles. The summed E-state index contributed by atoms with van der Waals surface area (Å²) in [6.07, 6.45) is 0. The van der Waals surface area contributed by atoms with Crippen LogP contribution in [0.5, 0.6) is 11.5 Å². The van der Waals surface area contributed by atoms with E-state index in [2.05, 4.69) is 0 Å². The van der Waals surface area contributed by atoms with Gasteiger partial charge in [-0.25, -0.2) is 0 Å². The summed E-state index contributed by atoms with van der Waals surface area (Å²) in [6, 6.07) is 5.36. The van der Waals surface area contributed by atoms with Gasteiger partial charge >= 0.3 is 0 Å². The van der Waals surface area contributed by atoms with Gasteiger partial charge in [0.1, 0.15) is 5.75 Å². The molecular weight excluding hydrogens is 164 g/mol. The number of hydrogen-bond donors (Lipinski definition) is 0. The van der Waals surface area contributed by atoms with Crippen LogP contribution in [-0.4, -0.2) is 14.2 Å². The molecule has 3 heteroatoms. The molecule has 0 fully saturated rings. The lowest BCUT2D eigenvalue weighted by molar-refractivity contribution is -0.290. The lowest BCUT2D eigenvalue weighted by Crippen LogP contribution is -1.87. The molecule has 0 spiro atoms. The van der Waals surface area contributed by atoms with Gasteiger partial charge in [0.25, 0.3) is 5.02 Å². The monoisotopic (exact) mass is 173 g/mol. The van der Waals surface area contributed by atoms with Crippen LogP contribution in [0.4, 0.5) is 0 Å². The van der Waals surface area contributed by atoms with Gasteiger partial charge in [0, 0.05) is 12.1 Å². The van der Waals surface area contributed by atoms with Gasteiger partial charge in [-0.2, -0.15) is 0 Å². The van der Waals surface area contributed by atoms with Crippen LogP contribution in [0.15, 0.2) is 18.2 Å². The van der Waals surface area contributed by atoms with Crippen molar-refractivity contribution in [2.45, 2.75) is 0 Å². The van der Waals surface area contributed by atoms with E-state index in [-0.39, 0.29) is 0 Å². The second-order valence-electron chi connectivity index (χ2n) is 2.02. The average Bonchev–Trinajstić information content (AvgIpc) is 2.05. The maximum atomic E-state index is 5.00. The quantitative estimate of drug-likeness (QED) is 0.673. The summed E-state index contributed by atoms with van der Waals surface area (Å²) >= 11 is 4.98. The molecule has 0 aliphatic carbocycles. The highest BCUT2D eigenvalue weighted by Gasteiger charge is 2.07. The molecule has 0 bridgehead atoms. The minimum atomic E-state index is 0.680. The zero-order chi connectivity index (χ0) is 8.27. The molecule has 60 valence electrons. The SMILES string of the molecule is COc1ccc([ClH+])c(OC)c1. The molecule has 0 N–H and O–H groups in total. The van der Waals surface area contributed by atoms with Crippen molar-refractivity contribution >= 4 is 0 Å². The van der Waals surface area contributed by atoms with E-state index < -0.39 is 0 Å². The number of hydrogen-bond acceptors (Lipinski definition) is 2. The van der Waals surface area contributed by atoms with Crippen LogP contribution in [0.1, 0.15) is 0 Å². The predicted molar refractivity (Wildman–Crippen MR) is 40.1 cm³/mol. The zero-order valence-electron chi connectivity index (χ0n) is 6.46. The van der Waals surface area contributed by atoms with E-state index in [1.807, 2.05) is 6.07 Å². The summed E-state index contributed by atoms with van der Waals surface area (Å²) in [4.78, 5) is 0. The van der Waals surface area contributed by atoms with Crippen LogP contribution >= 0.6 is 0 Å². The second kappa shape index (κ2) is 3.49. The molecule has 0 heterocycles. The van der Waals surface area contributed by atoms with Crippen LogP contribution in [-0.2, 0) is 0 Å². The highest BCUT2D eigenvalue weighted by molar-refractivity contribution is 5.37. The molecule has 0 aromatic heterocycles. The smallest absolute Gasteiger partial charge is 0.267 e. The lowest BCUT2D eigenvalue weighted by atomic mass is 10.3. The normalized spacial score (nSPS) is 9.36. The fourth-order valence-electron chi connectivity index (χ4n) is 0.775. The van der Waals surface area contributed by atoms with Crippen molar-refractivity contribution in [2.75, 3.05) is 14.2 Å². The van der Waals surface area contributed by atoms with Crippen LogP contribution in [0.3, 0.4) is 0 Å². The van der Waals surface area contributed by atoms with Crippen molar-refractivity contribution in [3.05, 3.63) is 23.2 Å². The van der Waals surface area contributed by atoms with Gasteiger partial charge in [0.15, 0.2) is 17.4 Å². The first-order chi connectivity index (χ1) is 5.27. The Morgan fingerprint density at radius 1 is 1.18 bits per heavy atom. The average molecular weight is 174 g/mol. The Morgan fingerprint density at radius 2 is 1.91 bits per heavy atom. The van der Waals surface area contributed by atoms with E-state index in [0.29, 0.717) is 10.8 Å². The molecule has 1 aromatic rings. The fourth-order valence-corrected chi connectivity index (χ4v) is 0.985. The van der Waals surface area contributed by atoms with Gasteiger partial charge in [-0.05, 0) is 6.07 Å². The second-order valence-corrected chi connectivity index (χ2v) is 2.46. The van der Waals surface area contributed by atoms with Crippen LogP contribution in [0.2, 0.25) is 5.02 Å². The largest absolute Gasteiger partial charge is 0.497 e. The number of methoxy groups -OCH3 is 2. The minimum Gasteiger partial charge on any atom is -0.497 e. The van der Waals surface area contributed by atoms with E-state index in [4.69, 9.17) is 21.1 Å². The topological polar surface area (TPSA) is 18.5 Å². The van der Waals surface area contributed by atoms with Gasteiger partial charge in [-0.1, -0.05) is 0 Å². The highest BCUT2D eigenvalue weighted by atomic mass is 35.5. The Kier molecular flexibility index (Phi) is 2.60. The molecule has 11 heavy (non-hydrogen) atoms. The van der Waals surface area contributed by atoms with Crippen molar-refractivity contribution in [3.8, 4) is 11.5 Å². The standard InChI is InChI=1S/C8H10ClO2/c1-10-6-3-4-7(9)8(5-6)11-2/h3-5,9H,1-2H3/q+1. The number of halogens is 1. The Balaban J connectivity index is 3.02. The molecule has 0 atom stereocenters. The third-order valence-electron chi connectivity index (χ3n) is 1.37. The molecule has 0 radical (unpaired) electrons. The number of benzene rings is 1. The number of rotatable bonds is 2. The van der Waals surface area contributed by atoms with Crippen molar-refractivity contribution < 1.29 is 21.1 Å². The fraction of sp³-hybridized carbons (Fsp3) is 0.250. The van der Waals surface area contributed by atoms with Gasteiger partial charge in [0.05, 0.1) is 14.2 Å². The van der Waals surface area contributed by atoms with E-state index in [1.165, 1.54) is 0 Å². The van der Waals surface area contributed by atoms with Crippen molar-refractivity contribution in [1.82, 2.24) is 0 Å². The third-order valence-corrected chi connectivity index (χ3v) is 1.71. The summed E-state index contributed by atoms with van der Waals surface area (Å²) in [6.45, 7) is 0. The van der Waals surface area contributed by atoms with Gasteiger partial charge in [-0.15, -0.1) is 0 Å². The van der Waals surface area contributed by atoms with Crippen LogP contribution in [0.25, 0.3) is 0 Å².